The number of amides is 1. The molecule has 0 aliphatic rings. The van der Waals surface area contributed by atoms with Crippen molar-refractivity contribution >= 4 is 12.1 Å². The first-order valence-corrected chi connectivity index (χ1v) is 15.2. The number of aromatic hydroxyl groups is 1. The first-order valence-electron chi connectivity index (χ1n) is 15.2. The first kappa shape index (κ1) is 33.2. The number of carbonyl (C=O) groups is 1. The number of hydrogen-bond donors (Lipinski definition) is 2. The molecule has 0 aliphatic carbocycles. The summed E-state index contributed by atoms with van der Waals surface area (Å²) in [6.45, 7) is 15.0. The number of carbonyl (C=O) groups excluding carboxylic acids is 1. The van der Waals surface area contributed by atoms with Crippen LogP contribution in [0.4, 0.5) is 0 Å². The van der Waals surface area contributed by atoms with Crippen molar-refractivity contribution in [2.75, 3.05) is 0 Å². The standard InChI is InChI=1S/C33H58N2O2/c1-8-9-10-11-12-13-14-15-16-17-18-19-20-21-22-23-30(36)35-34-26-27-24-28(32(2,3)4)25-29(31(27)37)33(5,6)7/h24-26,37H,8-23H2,1-7H3,(H,35,36)/b34-26-. The zero-order valence-electron chi connectivity index (χ0n) is 25.3. The Bertz CT molecular complexity index is 800. The van der Waals surface area contributed by atoms with Crippen LogP contribution in [-0.4, -0.2) is 17.2 Å². The quantitative estimate of drug-likeness (QED) is 0.116. The predicted molar refractivity (Wildman–Crippen MR) is 161 cm³/mol. The van der Waals surface area contributed by atoms with E-state index in [1.165, 1.54) is 83.5 Å². The molecule has 1 aromatic carbocycles. The summed E-state index contributed by atoms with van der Waals surface area (Å²) in [6, 6.07) is 4.05. The van der Waals surface area contributed by atoms with Gasteiger partial charge in [0.15, 0.2) is 0 Å². The lowest BCUT2D eigenvalue weighted by Crippen LogP contribution is -2.19. The molecule has 0 saturated heterocycles. The van der Waals surface area contributed by atoms with E-state index in [4.69, 9.17) is 0 Å². The van der Waals surface area contributed by atoms with E-state index in [1.807, 2.05) is 6.07 Å². The first-order chi connectivity index (χ1) is 17.5. The molecule has 0 spiro atoms. The zero-order valence-corrected chi connectivity index (χ0v) is 25.3. The molecule has 212 valence electrons. The second-order valence-corrected chi connectivity index (χ2v) is 13.0. The Labute approximate surface area is 229 Å². The van der Waals surface area contributed by atoms with Crippen molar-refractivity contribution in [3.8, 4) is 5.75 Å². The van der Waals surface area contributed by atoms with E-state index < -0.39 is 0 Å². The molecule has 0 bridgehead atoms. The molecule has 2 N–H and O–H groups in total. The van der Waals surface area contributed by atoms with Gasteiger partial charge >= 0.3 is 0 Å². The molecule has 4 nitrogen and oxygen atoms in total. The van der Waals surface area contributed by atoms with Gasteiger partial charge in [-0.2, -0.15) is 5.10 Å². The molecule has 0 fully saturated rings. The molecule has 1 aromatic rings. The Kier molecular flexibility index (Phi) is 15.8. The van der Waals surface area contributed by atoms with E-state index >= 15 is 0 Å². The number of nitrogens with one attached hydrogen (secondary N) is 1. The molecular weight excluding hydrogens is 456 g/mol. The van der Waals surface area contributed by atoms with Crippen LogP contribution in [0.3, 0.4) is 0 Å². The van der Waals surface area contributed by atoms with Crippen LogP contribution in [0.15, 0.2) is 17.2 Å². The van der Waals surface area contributed by atoms with E-state index in [1.54, 1.807) is 6.21 Å². The summed E-state index contributed by atoms with van der Waals surface area (Å²) in [7, 11) is 0. The summed E-state index contributed by atoms with van der Waals surface area (Å²) in [4.78, 5) is 12.2. The average Bonchev–Trinajstić information content (AvgIpc) is 2.81. The Morgan fingerprint density at radius 1 is 0.757 bits per heavy atom. The third-order valence-electron chi connectivity index (χ3n) is 7.21. The number of phenols is 1. The number of benzene rings is 1. The van der Waals surface area contributed by atoms with Crippen LogP contribution >= 0.6 is 0 Å². The number of rotatable bonds is 18. The maximum atomic E-state index is 12.2. The summed E-state index contributed by atoms with van der Waals surface area (Å²) in [5, 5.41) is 15.0. The Morgan fingerprint density at radius 3 is 1.65 bits per heavy atom. The number of phenolic OH excluding ortho intramolecular Hbond substituents is 1. The molecular formula is C33H58N2O2. The van der Waals surface area contributed by atoms with E-state index in [-0.39, 0.29) is 22.5 Å². The summed E-state index contributed by atoms with van der Waals surface area (Å²) < 4.78 is 0. The largest absolute Gasteiger partial charge is 0.507 e. The van der Waals surface area contributed by atoms with Crippen molar-refractivity contribution in [3.63, 3.8) is 0 Å². The van der Waals surface area contributed by atoms with Crippen molar-refractivity contribution in [1.82, 2.24) is 5.43 Å². The van der Waals surface area contributed by atoms with Gasteiger partial charge in [-0.25, -0.2) is 5.43 Å². The van der Waals surface area contributed by atoms with E-state index in [0.29, 0.717) is 12.0 Å². The molecule has 0 saturated carbocycles. The van der Waals surface area contributed by atoms with Gasteiger partial charge in [-0.05, 0) is 28.9 Å². The minimum Gasteiger partial charge on any atom is -0.507 e. The highest BCUT2D eigenvalue weighted by Gasteiger charge is 2.24. The van der Waals surface area contributed by atoms with Crippen LogP contribution in [-0.2, 0) is 15.6 Å². The summed E-state index contributed by atoms with van der Waals surface area (Å²) in [5.41, 5.74) is 5.08. The molecule has 0 radical (unpaired) electrons. The monoisotopic (exact) mass is 514 g/mol. The lowest BCUT2D eigenvalue weighted by Gasteiger charge is -2.26. The minimum atomic E-state index is -0.190. The highest BCUT2D eigenvalue weighted by atomic mass is 16.3. The third-order valence-corrected chi connectivity index (χ3v) is 7.21. The fourth-order valence-electron chi connectivity index (χ4n) is 4.65. The highest BCUT2D eigenvalue weighted by molar-refractivity contribution is 5.86. The minimum absolute atomic E-state index is 0.0485. The fourth-order valence-corrected chi connectivity index (χ4v) is 4.65. The summed E-state index contributed by atoms with van der Waals surface area (Å²) >= 11 is 0. The molecule has 0 unspecified atom stereocenters. The van der Waals surface area contributed by atoms with Gasteiger partial charge in [-0.1, -0.05) is 144 Å². The Morgan fingerprint density at radius 2 is 1.22 bits per heavy atom. The number of nitrogens with zero attached hydrogens (tertiary/aromatic N) is 1. The summed E-state index contributed by atoms with van der Waals surface area (Å²) in [5.74, 6) is 0.175. The second-order valence-electron chi connectivity index (χ2n) is 13.0. The van der Waals surface area contributed by atoms with Gasteiger partial charge < -0.3 is 5.11 Å². The van der Waals surface area contributed by atoms with Gasteiger partial charge in [0.2, 0.25) is 5.91 Å². The zero-order chi connectivity index (χ0) is 27.7. The smallest absolute Gasteiger partial charge is 0.240 e. The van der Waals surface area contributed by atoms with Gasteiger partial charge in [0, 0.05) is 17.5 Å². The van der Waals surface area contributed by atoms with Crippen LogP contribution in [0, 0.1) is 0 Å². The lowest BCUT2D eigenvalue weighted by molar-refractivity contribution is -0.121. The van der Waals surface area contributed by atoms with Crippen molar-refractivity contribution in [2.24, 2.45) is 5.10 Å². The van der Waals surface area contributed by atoms with Crippen molar-refractivity contribution < 1.29 is 9.90 Å². The predicted octanol–water partition coefficient (Wildman–Crippen LogP) is 9.70. The topological polar surface area (TPSA) is 61.7 Å². The maximum Gasteiger partial charge on any atom is 0.240 e. The van der Waals surface area contributed by atoms with Crippen LogP contribution in [0.2, 0.25) is 0 Å². The molecule has 4 heteroatoms. The SMILES string of the molecule is CCCCCCCCCCCCCCCCCC(=O)N/N=C\c1cc(C(C)(C)C)cc(C(C)(C)C)c1O. The fraction of sp³-hybridized carbons (Fsp3) is 0.758. The number of hydrazone groups is 1. The Hall–Kier alpha value is -1.84. The van der Waals surface area contributed by atoms with Gasteiger partial charge in [0.1, 0.15) is 5.75 Å². The molecule has 0 aromatic heterocycles. The lowest BCUT2D eigenvalue weighted by atomic mass is 9.79. The van der Waals surface area contributed by atoms with Crippen LogP contribution in [0.5, 0.6) is 5.75 Å². The number of unbranched alkanes of at least 4 members (excludes halogenated alkanes) is 14. The van der Waals surface area contributed by atoms with E-state index in [9.17, 15) is 9.90 Å². The van der Waals surface area contributed by atoms with Gasteiger partial charge in [-0.15, -0.1) is 0 Å². The molecule has 1 amide bonds. The highest BCUT2D eigenvalue weighted by Crippen LogP contribution is 2.37. The van der Waals surface area contributed by atoms with Crippen molar-refractivity contribution in [2.45, 2.75) is 162 Å². The average molecular weight is 515 g/mol. The molecule has 1 rings (SSSR count). The normalized spacial score (nSPS) is 12.4. The molecule has 0 atom stereocenters. The molecule has 0 aliphatic heterocycles. The van der Waals surface area contributed by atoms with Crippen molar-refractivity contribution in [3.05, 3.63) is 28.8 Å². The van der Waals surface area contributed by atoms with Crippen molar-refractivity contribution in [1.29, 1.82) is 0 Å². The van der Waals surface area contributed by atoms with Crippen LogP contribution in [0.25, 0.3) is 0 Å². The van der Waals surface area contributed by atoms with Gasteiger partial charge in [0.05, 0.1) is 6.21 Å². The maximum absolute atomic E-state index is 12.2. The second kappa shape index (κ2) is 17.6. The molecule has 37 heavy (non-hydrogen) atoms. The van der Waals surface area contributed by atoms with Crippen LogP contribution in [0.1, 0.15) is 168 Å². The van der Waals surface area contributed by atoms with E-state index in [2.05, 4.69) is 65.1 Å². The van der Waals surface area contributed by atoms with E-state index in [0.717, 1.165) is 24.0 Å². The molecule has 0 heterocycles. The van der Waals surface area contributed by atoms with Gasteiger partial charge in [0.25, 0.3) is 0 Å². The third kappa shape index (κ3) is 14.6. The Balaban J connectivity index is 2.24. The summed E-state index contributed by atoms with van der Waals surface area (Å²) in [6.07, 6.45) is 21.8. The van der Waals surface area contributed by atoms with Gasteiger partial charge in [-0.3, -0.25) is 4.79 Å². The van der Waals surface area contributed by atoms with Crippen LogP contribution < -0.4 is 5.43 Å². The number of hydrogen-bond acceptors (Lipinski definition) is 3.